The molecule has 0 aliphatic heterocycles. The number of benzene rings is 1. The van der Waals surface area contributed by atoms with Gasteiger partial charge in [0.05, 0.1) is 13.0 Å². The van der Waals surface area contributed by atoms with Gasteiger partial charge in [0.1, 0.15) is 12.1 Å². The van der Waals surface area contributed by atoms with Crippen molar-refractivity contribution in [1.29, 1.82) is 0 Å². The van der Waals surface area contributed by atoms with Gasteiger partial charge in [-0.3, -0.25) is 4.79 Å². The number of ketones is 1. The maximum atomic E-state index is 13.4. The number of terminal acetylenes is 1. The van der Waals surface area contributed by atoms with Crippen molar-refractivity contribution in [1.82, 2.24) is 14.8 Å². The van der Waals surface area contributed by atoms with E-state index in [1.165, 1.54) is 17.1 Å². The molecular formula is C13H10FN3O. The molecule has 2 aromatic rings. The third-order valence-corrected chi connectivity index (χ3v) is 2.34. The number of carbonyl (C=O) groups excluding carboxylic acids is 1. The second-order valence-electron chi connectivity index (χ2n) is 3.66. The quantitative estimate of drug-likeness (QED) is 0.606. The van der Waals surface area contributed by atoms with Crippen molar-refractivity contribution in [2.45, 2.75) is 13.0 Å². The van der Waals surface area contributed by atoms with Gasteiger partial charge in [0, 0.05) is 5.56 Å². The van der Waals surface area contributed by atoms with Gasteiger partial charge in [-0.05, 0) is 6.07 Å². The minimum atomic E-state index is -0.315. The lowest BCUT2D eigenvalue weighted by molar-refractivity contribution is 0.0988. The summed E-state index contributed by atoms with van der Waals surface area (Å²) in [6, 6.07) is 6.37. The van der Waals surface area contributed by atoms with Gasteiger partial charge in [-0.1, -0.05) is 24.1 Å². The summed E-state index contributed by atoms with van der Waals surface area (Å²) in [5, 5.41) is 3.96. The highest BCUT2D eigenvalue weighted by Crippen LogP contribution is 2.08. The Balaban J connectivity index is 2.15. The van der Waals surface area contributed by atoms with E-state index in [1.807, 2.05) is 0 Å². The molecule has 90 valence electrons. The van der Waals surface area contributed by atoms with Gasteiger partial charge in [0.25, 0.3) is 0 Å². The molecule has 0 saturated carbocycles. The number of hydrogen-bond acceptors (Lipinski definition) is 3. The van der Waals surface area contributed by atoms with E-state index >= 15 is 0 Å². The van der Waals surface area contributed by atoms with E-state index in [9.17, 15) is 9.18 Å². The van der Waals surface area contributed by atoms with Crippen molar-refractivity contribution in [2.24, 2.45) is 0 Å². The molecule has 4 nitrogen and oxygen atoms in total. The molecule has 0 N–H and O–H groups in total. The third-order valence-electron chi connectivity index (χ3n) is 2.34. The Morgan fingerprint density at radius 2 is 2.22 bits per heavy atom. The highest BCUT2D eigenvalue weighted by Gasteiger charge is 2.10. The number of aromatic nitrogens is 3. The first-order valence-electron chi connectivity index (χ1n) is 5.30. The molecule has 0 radical (unpaired) electrons. The van der Waals surface area contributed by atoms with Gasteiger partial charge >= 0.3 is 0 Å². The summed E-state index contributed by atoms with van der Waals surface area (Å²) < 4.78 is 14.8. The fraction of sp³-hybridized carbons (Fsp3) is 0.154. The molecule has 1 heterocycles. The summed E-state index contributed by atoms with van der Waals surface area (Å²) in [6.45, 7) is 0.225. The number of Topliss-reactive ketones (excluding diaryl/α,β-unsaturated/α-hetero) is 1. The van der Waals surface area contributed by atoms with Gasteiger partial charge in [0.2, 0.25) is 11.6 Å². The maximum absolute atomic E-state index is 13.4. The van der Waals surface area contributed by atoms with Crippen LogP contribution in [0.25, 0.3) is 0 Å². The minimum absolute atomic E-state index is 0.0380. The van der Waals surface area contributed by atoms with Crippen LogP contribution < -0.4 is 0 Å². The summed E-state index contributed by atoms with van der Waals surface area (Å²) in [6.07, 6.45) is 6.38. The van der Waals surface area contributed by atoms with Crippen LogP contribution in [0.15, 0.2) is 30.6 Å². The molecule has 1 aromatic carbocycles. The Morgan fingerprint density at radius 3 is 2.94 bits per heavy atom. The number of hydrogen-bond donors (Lipinski definition) is 0. The molecule has 2 rings (SSSR count). The standard InChI is InChI=1S/C13H10FN3O/c1-2-5-12(18)13-15-9-17(16-13)8-10-6-3-4-7-11(10)14/h1,3-4,6-7,9H,5,8H2. The van der Waals surface area contributed by atoms with Crippen LogP contribution >= 0.6 is 0 Å². The first kappa shape index (κ1) is 12.0. The average molecular weight is 243 g/mol. The third kappa shape index (κ3) is 2.61. The second kappa shape index (κ2) is 5.23. The van der Waals surface area contributed by atoms with Crippen LogP contribution in [0.5, 0.6) is 0 Å². The lowest BCUT2D eigenvalue weighted by atomic mass is 10.2. The van der Waals surface area contributed by atoms with Crippen molar-refractivity contribution in [3.63, 3.8) is 0 Å². The maximum Gasteiger partial charge on any atom is 0.218 e. The Bertz CT molecular complexity index is 613. The van der Waals surface area contributed by atoms with E-state index in [-0.39, 0.29) is 30.4 Å². The van der Waals surface area contributed by atoms with E-state index in [0.29, 0.717) is 5.56 Å². The Morgan fingerprint density at radius 1 is 1.44 bits per heavy atom. The van der Waals surface area contributed by atoms with Crippen LogP contribution in [-0.4, -0.2) is 20.5 Å². The molecule has 0 amide bonds. The Hall–Kier alpha value is -2.48. The van der Waals surface area contributed by atoms with E-state index in [2.05, 4.69) is 16.0 Å². The van der Waals surface area contributed by atoms with Crippen molar-refractivity contribution in [3.8, 4) is 12.3 Å². The van der Waals surface area contributed by atoms with Crippen LogP contribution in [-0.2, 0) is 6.54 Å². The molecule has 0 fully saturated rings. The highest BCUT2D eigenvalue weighted by atomic mass is 19.1. The zero-order chi connectivity index (χ0) is 13.0. The summed E-state index contributed by atoms with van der Waals surface area (Å²) in [5.41, 5.74) is 0.485. The number of nitrogens with zero attached hydrogens (tertiary/aromatic N) is 3. The Labute approximate surface area is 103 Å². The smallest absolute Gasteiger partial charge is 0.218 e. The van der Waals surface area contributed by atoms with Crippen molar-refractivity contribution in [3.05, 3.63) is 47.8 Å². The van der Waals surface area contributed by atoms with Crippen molar-refractivity contribution in [2.75, 3.05) is 0 Å². The topological polar surface area (TPSA) is 47.8 Å². The molecular weight excluding hydrogens is 233 g/mol. The number of halogens is 1. The summed E-state index contributed by atoms with van der Waals surface area (Å²) in [4.78, 5) is 15.3. The first-order valence-corrected chi connectivity index (χ1v) is 5.30. The normalized spacial score (nSPS) is 10.0. The zero-order valence-electron chi connectivity index (χ0n) is 9.51. The van der Waals surface area contributed by atoms with E-state index in [1.54, 1.807) is 18.2 Å². The molecule has 5 heteroatoms. The lowest BCUT2D eigenvalue weighted by Crippen LogP contribution is -2.05. The zero-order valence-corrected chi connectivity index (χ0v) is 9.51. The number of rotatable bonds is 4. The van der Waals surface area contributed by atoms with E-state index in [4.69, 9.17) is 6.42 Å². The van der Waals surface area contributed by atoms with E-state index in [0.717, 1.165) is 0 Å². The van der Waals surface area contributed by atoms with Crippen LogP contribution in [0, 0.1) is 18.2 Å². The highest BCUT2D eigenvalue weighted by molar-refractivity contribution is 5.93. The fourth-order valence-electron chi connectivity index (χ4n) is 1.47. The minimum Gasteiger partial charge on any atom is -0.289 e. The summed E-state index contributed by atoms with van der Waals surface area (Å²) >= 11 is 0. The van der Waals surface area contributed by atoms with Crippen LogP contribution in [0.4, 0.5) is 4.39 Å². The lowest BCUT2D eigenvalue weighted by Gasteiger charge is -2.01. The van der Waals surface area contributed by atoms with Gasteiger partial charge < -0.3 is 0 Å². The Kier molecular flexibility index (Phi) is 3.49. The largest absolute Gasteiger partial charge is 0.289 e. The molecule has 0 atom stereocenters. The van der Waals surface area contributed by atoms with Crippen LogP contribution in [0.1, 0.15) is 22.6 Å². The molecule has 1 aromatic heterocycles. The SMILES string of the molecule is C#CCC(=O)c1ncn(Cc2ccccc2F)n1. The molecule has 18 heavy (non-hydrogen) atoms. The summed E-state index contributed by atoms with van der Waals surface area (Å²) in [5.74, 6) is 1.66. The fourth-order valence-corrected chi connectivity index (χ4v) is 1.47. The van der Waals surface area contributed by atoms with Gasteiger partial charge in [-0.25, -0.2) is 14.1 Å². The van der Waals surface area contributed by atoms with Crippen molar-refractivity contribution < 1.29 is 9.18 Å². The van der Waals surface area contributed by atoms with Gasteiger partial charge in [0.15, 0.2) is 0 Å². The predicted octanol–water partition coefficient (Wildman–Crippen LogP) is 1.67. The first-order chi connectivity index (χ1) is 8.70. The average Bonchev–Trinajstić information content (AvgIpc) is 2.81. The molecule has 0 aliphatic carbocycles. The van der Waals surface area contributed by atoms with Gasteiger partial charge in [-0.15, -0.1) is 11.5 Å². The van der Waals surface area contributed by atoms with Gasteiger partial charge in [-0.2, -0.15) is 0 Å². The monoisotopic (exact) mass is 243 g/mol. The summed E-state index contributed by atoms with van der Waals surface area (Å²) in [7, 11) is 0. The number of carbonyl (C=O) groups is 1. The molecule has 0 spiro atoms. The van der Waals surface area contributed by atoms with Crippen molar-refractivity contribution >= 4 is 5.78 Å². The second-order valence-corrected chi connectivity index (χ2v) is 3.66. The molecule has 0 saturated heterocycles. The molecule has 0 aliphatic rings. The molecule has 0 unspecified atom stereocenters. The van der Waals surface area contributed by atoms with E-state index < -0.39 is 0 Å². The van der Waals surface area contributed by atoms with Crippen LogP contribution in [0.2, 0.25) is 0 Å². The predicted molar refractivity (Wildman–Crippen MR) is 63.3 cm³/mol. The van der Waals surface area contributed by atoms with Crippen LogP contribution in [0.3, 0.4) is 0 Å². The molecule has 0 bridgehead atoms.